The lowest BCUT2D eigenvalue weighted by Crippen LogP contribution is -2.52. The van der Waals surface area contributed by atoms with E-state index in [9.17, 15) is 24.0 Å². The topological polar surface area (TPSA) is 101 Å². The number of imide groups is 1. The van der Waals surface area contributed by atoms with Crippen LogP contribution in [0.2, 0.25) is 10.0 Å². The van der Waals surface area contributed by atoms with Gasteiger partial charge in [-0.25, -0.2) is 9.80 Å². The SMILES string of the molecule is O=C(CN(C(=O)c1ccc(Cl)cc1Cl)N1C(=O)[C@@H]2[C@H]3CC[C@@H](C3)[C@H]2C1=O)c1ccc(OC(=O)c2cccs2)cc1. The highest BCUT2D eigenvalue weighted by Crippen LogP contribution is 2.56. The Morgan fingerprint density at radius 1 is 0.950 bits per heavy atom. The summed E-state index contributed by atoms with van der Waals surface area (Å²) in [7, 11) is 0. The van der Waals surface area contributed by atoms with Crippen molar-refractivity contribution in [1.29, 1.82) is 0 Å². The fourth-order valence-electron chi connectivity index (χ4n) is 6.15. The molecule has 4 atom stereocenters. The average Bonchev–Trinajstić information content (AvgIpc) is 3.73. The first-order chi connectivity index (χ1) is 19.2. The number of hydrazine groups is 1. The molecule has 3 aromatic rings. The van der Waals surface area contributed by atoms with Crippen molar-refractivity contribution in [2.45, 2.75) is 19.3 Å². The second-order valence-corrected chi connectivity index (χ2v) is 12.0. The first-order valence-corrected chi connectivity index (χ1v) is 14.4. The van der Waals surface area contributed by atoms with E-state index in [4.69, 9.17) is 27.9 Å². The summed E-state index contributed by atoms with van der Waals surface area (Å²) in [6, 6.07) is 13.5. The first-order valence-electron chi connectivity index (χ1n) is 12.8. The molecule has 2 bridgehead atoms. The Kier molecular flexibility index (Phi) is 6.98. The zero-order valence-corrected chi connectivity index (χ0v) is 23.2. The summed E-state index contributed by atoms with van der Waals surface area (Å²) < 4.78 is 5.34. The van der Waals surface area contributed by atoms with Crippen LogP contribution in [0.25, 0.3) is 0 Å². The predicted molar refractivity (Wildman–Crippen MR) is 147 cm³/mol. The Morgan fingerprint density at radius 2 is 1.62 bits per heavy atom. The summed E-state index contributed by atoms with van der Waals surface area (Å²) in [6.45, 7) is -0.571. The minimum Gasteiger partial charge on any atom is -0.422 e. The Labute approximate surface area is 243 Å². The molecule has 204 valence electrons. The van der Waals surface area contributed by atoms with E-state index < -0.39 is 47.9 Å². The number of carbonyl (C=O) groups is 5. The van der Waals surface area contributed by atoms with Crippen molar-refractivity contribution in [3.8, 4) is 5.75 Å². The zero-order valence-electron chi connectivity index (χ0n) is 20.9. The van der Waals surface area contributed by atoms with Gasteiger partial charge < -0.3 is 4.74 Å². The number of fused-ring (bicyclic) bond motifs is 5. The van der Waals surface area contributed by atoms with E-state index in [1.54, 1.807) is 17.5 Å². The molecule has 1 aliphatic heterocycles. The van der Waals surface area contributed by atoms with E-state index in [-0.39, 0.29) is 33.7 Å². The summed E-state index contributed by atoms with van der Waals surface area (Å²) in [6.07, 6.45) is 2.58. The highest BCUT2D eigenvalue weighted by Gasteiger charge is 2.62. The maximum atomic E-state index is 13.8. The van der Waals surface area contributed by atoms with Gasteiger partial charge in [-0.1, -0.05) is 29.3 Å². The molecule has 11 heteroatoms. The number of Topliss-reactive ketones (excluding diaryl/α,β-unsaturated/α-hetero) is 1. The smallest absolute Gasteiger partial charge is 0.353 e. The highest BCUT2D eigenvalue weighted by molar-refractivity contribution is 7.12. The summed E-state index contributed by atoms with van der Waals surface area (Å²) in [4.78, 5) is 67.0. The van der Waals surface area contributed by atoms with Crippen molar-refractivity contribution in [1.82, 2.24) is 10.0 Å². The average molecular weight is 597 g/mol. The van der Waals surface area contributed by atoms with Crippen LogP contribution in [0.5, 0.6) is 5.75 Å². The molecule has 40 heavy (non-hydrogen) atoms. The number of esters is 1. The summed E-state index contributed by atoms with van der Waals surface area (Å²) in [5, 5.41) is 3.87. The second-order valence-electron chi connectivity index (χ2n) is 10.2. The van der Waals surface area contributed by atoms with Gasteiger partial charge in [0.25, 0.3) is 17.7 Å². The fourth-order valence-corrected chi connectivity index (χ4v) is 7.24. The molecule has 0 N–H and O–H groups in total. The van der Waals surface area contributed by atoms with Crippen molar-refractivity contribution in [3.05, 3.63) is 86.0 Å². The van der Waals surface area contributed by atoms with Crippen molar-refractivity contribution in [3.63, 3.8) is 0 Å². The summed E-state index contributed by atoms with van der Waals surface area (Å²) in [5.74, 6) is -3.21. The third-order valence-corrected chi connectivity index (χ3v) is 9.34. The molecule has 8 nitrogen and oxygen atoms in total. The number of ketones is 1. The number of amides is 3. The van der Waals surface area contributed by atoms with E-state index in [0.717, 1.165) is 29.3 Å². The fraction of sp³-hybridized carbons (Fsp3) is 0.276. The lowest BCUT2D eigenvalue weighted by molar-refractivity contribution is -0.155. The van der Waals surface area contributed by atoms with Gasteiger partial charge >= 0.3 is 5.97 Å². The van der Waals surface area contributed by atoms with E-state index in [0.29, 0.717) is 9.90 Å². The monoisotopic (exact) mass is 596 g/mol. The molecule has 1 aromatic heterocycles. The van der Waals surface area contributed by atoms with Gasteiger partial charge in [0.2, 0.25) is 0 Å². The van der Waals surface area contributed by atoms with Crippen LogP contribution in [0.3, 0.4) is 0 Å². The molecule has 3 amide bonds. The minimum atomic E-state index is -0.759. The number of rotatable bonds is 7. The van der Waals surface area contributed by atoms with Crippen molar-refractivity contribution in [2.24, 2.45) is 23.7 Å². The highest BCUT2D eigenvalue weighted by atomic mass is 35.5. The molecule has 2 saturated carbocycles. The minimum absolute atomic E-state index is 0.00957. The van der Waals surface area contributed by atoms with Gasteiger partial charge in [0, 0.05) is 10.6 Å². The van der Waals surface area contributed by atoms with Crippen LogP contribution in [0, 0.1) is 23.7 Å². The van der Waals surface area contributed by atoms with Crippen LogP contribution in [0.4, 0.5) is 0 Å². The van der Waals surface area contributed by atoms with E-state index in [1.807, 2.05) is 0 Å². The number of ether oxygens (including phenoxy) is 1. The Hall–Kier alpha value is -3.53. The first kappa shape index (κ1) is 26.7. The number of hydrogen-bond acceptors (Lipinski definition) is 7. The molecule has 0 radical (unpaired) electrons. The number of halogens is 2. The maximum Gasteiger partial charge on any atom is 0.353 e. The summed E-state index contributed by atoms with van der Waals surface area (Å²) in [5.41, 5.74) is 0.214. The number of thiophene rings is 1. The molecule has 2 heterocycles. The standard InChI is InChI=1S/C29H22Cl2N2O6S/c30-18-7-10-20(21(31)13-18)26(35)32(33-27(36)24-16-3-4-17(12-16)25(24)28(33)37)14-22(34)15-5-8-19(9-6-15)39-29(38)23-2-1-11-40-23/h1-2,5-11,13,16-17,24-25H,3-4,12,14H2/t16-,17-,24+,25+/m0/s1. The Bertz CT molecular complexity index is 1510. The Morgan fingerprint density at radius 3 is 2.23 bits per heavy atom. The third-order valence-electron chi connectivity index (χ3n) is 7.94. The molecular formula is C29H22Cl2N2O6S. The van der Waals surface area contributed by atoms with E-state index in [1.165, 1.54) is 53.8 Å². The van der Waals surface area contributed by atoms with Gasteiger partial charge in [-0.2, -0.15) is 5.01 Å². The van der Waals surface area contributed by atoms with Gasteiger partial charge in [0.05, 0.1) is 22.4 Å². The molecule has 2 aromatic carbocycles. The molecule has 1 saturated heterocycles. The van der Waals surface area contributed by atoms with Crippen molar-refractivity contribution < 1.29 is 28.7 Å². The van der Waals surface area contributed by atoms with Gasteiger partial charge in [0.15, 0.2) is 5.78 Å². The lowest BCUT2D eigenvalue weighted by Gasteiger charge is -2.31. The van der Waals surface area contributed by atoms with Gasteiger partial charge in [-0.3, -0.25) is 19.2 Å². The normalized spacial score (nSPS) is 22.9. The van der Waals surface area contributed by atoms with Gasteiger partial charge in [0.1, 0.15) is 17.2 Å². The van der Waals surface area contributed by atoms with Crippen LogP contribution in [-0.4, -0.2) is 46.0 Å². The molecule has 2 aliphatic carbocycles. The number of nitrogens with zero attached hydrogens (tertiary/aromatic N) is 2. The van der Waals surface area contributed by atoms with Crippen LogP contribution in [0.1, 0.15) is 49.7 Å². The number of benzene rings is 2. The third kappa shape index (κ3) is 4.62. The molecule has 0 spiro atoms. The molecule has 3 aliphatic rings. The predicted octanol–water partition coefficient (Wildman–Crippen LogP) is 5.55. The van der Waals surface area contributed by atoms with Crippen LogP contribution < -0.4 is 4.74 Å². The maximum absolute atomic E-state index is 13.8. The van der Waals surface area contributed by atoms with Gasteiger partial charge in [-0.05, 0) is 85.0 Å². The van der Waals surface area contributed by atoms with Gasteiger partial charge in [-0.15, -0.1) is 11.3 Å². The zero-order chi connectivity index (χ0) is 28.1. The van der Waals surface area contributed by atoms with E-state index >= 15 is 0 Å². The van der Waals surface area contributed by atoms with Crippen LogP contribution in [-0.2, 0) is 9.59 Å². The number of hydrogen-bond donors (Lipinski definition) is 0. The largest absolute Gasteiger partial charge is 0.422 e. The van der Waals surface area contributed by atoms with E-state index in [2.05, 4.69) is 0 Å². The van der Waals surface area contributed by atoms with Crippen LogP contribution >= 0.6 is 34.5 Å². The van der Waals surface area contributed by atoms with Crippen LogP contribution in [0.15, 0.2) is 60.0 Å². The second kappa shape index (κ2) is 10.5. The summed E-state index contributed by atoms with van der Waals surface area (Å²) >= 11 is 13.6. The number of carbonyl (C=O) groups excluding carboxylic acids is 5. The molecular weight excluding hydrogens is 575 g/mol. The Balaban J connectivity index is 1.27. The van der Waals surface area contributed by atoms with Crippen molar-refractivity contribution >= 4 is 64.0 Å². The lowest BCUT2D eigenvalue weighted by atomic mass is 9.81. The molecule has 3 fully saturated rings. The molecule has 0 unspecified atom stereocenters. The van der Waals surface area contributed by atoms with Crippen molar-refractivity contribution in [2.75, 3.05) is 6.54 Å². The quantitative estimate of drug-likeness (QED) is 0.153. The molecule has 6 rings (SSSR count).